The number of carbonyl (C=O) groups excluding carboxylic acids is 3. The maximum Gasteiger partial charge on any atom is 0.355 e. The van der Waals surface area contributed by atoms with E-state index >= 15 is 0 Å². The molecule has 2 aliphatic rings. The molecule has 2 heterocycles. The van der Waals surface area contributed by atoms with Crippen molar-refractivity contribution >= 4 is 50.6 Å². The SMILES string of the molecule is C[C@@H](OC(=O)C1=NN([C@@H]2CCS(=O)(=O)C2)C(=O)CC1)C(=O)Nc1ccc(Cl)cc1. The maximum absolute atomic E-state index is 12.4. The lowest BCUT2D eigenvalue weighted by Gasteiger charge is -2.27. The van der Waals surface area contributed by atoms with E-state index in [1.807, 2.05) is 0 Å². The highest BCUT2D eigenvalue weighted by Crippen LogP contribution is 2.22. The summed E-state index contributed by atoms with van der Waals surface area (Å²) in [5.74, 6) is -1.88. The summed E-state index contributed by atoms with van der Waals surface area (Å²) in [7, 11) is -3.21. The molecule has 11 heteroatoms. The van der Waals surface area contributed by atoms with Gasteiger partial charge in [0.2, 0.25) is 5.91 Å². The molecule has 2 atom stereocenters. The number of ether oxygens (including phenoxy) is 1. The van der Waals surface area contributed by atoms with Gasteiger partial charge in [-0.3, -0.25) is 9.59 Å². The molecular formula is C18H20ClN3O6S. The molecule has 1 aromatic carbocycles. The molecule has 29 heavy (non-hydrogen) atoms. The minimum atomic E-state index is -3.21. The van der Waals surface area contributed by atoms with Crippen molar-refractivity contribution in [2.45, 2.75) is 38.3 Å². The van der Waals surface area contributed by atoms with Crippen molar-refractivity contribution in [2.24, 2.45) is 5.10 Å². The number of esters is 1. The Morgan fingerprint density at radius 2 is 1.97 bits per heavy atom. The minimum absolute atomic E-state index is 0.0139. The van der Waals surface area contributed by atoms with Crippen molar-refractivity contribution in [3.05, 3.63) is 29.3 Å². The number of hydrogen-bond acceptors (Lipinski definition) is 7. The lowest BCUT2D eigenvalue weighted by molar-refractivity contribution is -0.147. The van der Waals surface area contributed by atoms with Crippen molar-refractivity contribution in [1.29, 1.82) is 0 Å². The van der Waals surface area contributed by atoms with Crippen LogP contribution in [0.1, 0.15) is 26.2 Å². The molecule has 1 aromatic rings. The van der Waals surface area contributed by atoms with E-state index in [4.69, 9.17) is 16.3 Å². The van der Waals surface area contributed by atoms with Gasteiger partial charge in [-0.05, 0) is 37.6 Å². The second-order valence-electron chi connectivity index (χ2n) is 6.89. The molecule has 156 valence electrons. The molecule has 0 aromatic heterocycles. The van der Waals surface area contributed by atoms with E-state index < -0.39 is 33.9 Å². The number of hydrogen-bond donors (Lipinski definition) is 1. The first-order valence-corrected chi connectivity index (χ1v) is 11.2. The highest BCUT2D eigenvalue weighted by atomic mass is 35.5. The van der Waals surface area contributed by atoms with Crippen molar-refractivity contribution in [1.82, 2.24) is 5.01 Å². The highest BCUT2D eigenvalue weighted by Gasteiger charge is 2.37. The van der Waals surface area contributed by atoms with E-state index in [1.165, 1.54) is 6.92 Å². The van der Waals surface area contributed by atoms with Crippen LogP contribution in [0.3, 0.4) is 0 Å². The van der Waals surface area contributed by atoms with Gasteiger partial charge >= 0.3 is 5.97 Å². The molecule has 0 aliphatic carbocycles. The summed E-state index contributed by atoms with van der Waals surface area (Å²) in [6.07, 6.45) is -0.728. The normalized spacial score (nSPS) is 22.0. The van der Waals surface area contributed by atoms with Crippen molar-refractivity contribution < 1.29 is 27.5 Å². The number of anilines is 1. The molecule has 1 fully saturated rings. The number of nitrogens with one attached hydrogen (secondary N) is 1. The number of benzene rings is 1. The van der Waals surface area contributed by atoms with Crippen molar-refractivity contribution in [3.8, 4) is 0 Å². The third kappa shape index (κ3) is 5.33. The van der Waals surface area contributed by atoms with Gasteiger partial charge in [0.25, 0.3) is 5.91 Å². The lowest BCUT2D eigenvalue weighted by atomic mass is 10.1. The van der Waals surface area contributed by atoms with Gasteiger partial charge < -0.3 is 10.1 Å². The van der Waals surface area contributed by atoms with Crippen molar-refractivity contribution in [2.75, 3.05) is 16.8 Å². The van der Waals surface area contributed by atoms with Gasteiger partial charge in [0, 0.05) is 23.6 Å². The number of sulfone groups is 1. The number of halogens is 1. The Kier molecular flexibility index (Phi) is 6.23. The van der Waals surface area contributed by atoms with E-state index in [-0.39, 0.29) is 42.4 Å². The summed E-state index contributed by atoms with van der Waals surface area (Å²) in [5, 5.41) is 8.23. The standard InChI is InChI=1S/C18H20ClN3O6S/c1-11(17(24)20-13-4-2-12(19)3-5-13)28-18(25)15-6-7-16(23)22(21-15)14-8-9-29(26,27)10-14/h2-5,11,14H,6-10H2,1H3,(H,20,24)/t11-,14-/m1/s1. The summed E-state index contributed by atoms with van der Waals surface area (Å²) in [5.41, 5.74) is 0.483. The summed E-state index contributed by atoms with van der Waals surface area (Å²) in [6, 6.07) is 5.86. The van der Waals surface area contributed by atoms with E-state index in [2.05, 4.69) is 10.4 Å². The van der Waals surface area contributed by atoms with E-state index in [0.717, 1.165) is 5.01 Å². The molecule has 0 unspecified atom stereocenters. The summed E-state index contributed by atoms with van der Waals surface area (Å²) in [4.78, 5) is 36.7. The van der Waals surface area contributed by atoms with Crippen molar-refractivity contribution in [3.63, 3.8) is 0 Å². The largest absolute Gasteiger partial charge is 0.448 e. The topological polar surface area (TPSA) is 122 Å². The van der Waals surface area contributed by atoms with Gasteiger partial charge in [0.05, 0.1) is 17.5 Å². The Balaban J connectivity index is 1.62. The van der Waals surface area contributed by atoms with Gasteiger partial charge in [0.15, 0.2) is 15.9 Å². The summed E-state index contributed by atoms with van der Waals surface area (Å²) >= 11 is 5.79. The average Bonchev–Trinajstić information content (AvgIpc) is 3.03. The van der Waals surface area contributed by atoms with Crippen LogP contribution in [-0.2, 0) is 29.0 Å². The van der Waals surface area contributed by atoms with Crippen LogP contribution in [0.15, 0.2) is 29.4 Å². The third-order valence-electron chi connectivity index (χ3n) is 4.61. The Bertz CT molecular complexity index is 960. The predicted molar refractivity (Wildman–Crippen MR) is 106 cm³/mol. The molecule has 0 saturated carbocycles. The molecule has 1 saturated heterocycles. The van der Waals surface area contributed by atoms with E-state index in [0.29, 0.717) is 10.7 Å². The average molecular weight is 442 g/mol. The maximum atomic E-state index is 12.4. The smallest absolute Gasteiger partial charge is 0.355 e. The van der Waals surface area contributed by atoms with Crippen LogP contribution < -0.4 is 5.32 Å². The van der Waals surface area contributed by atoms with Crippen LogP contribution in [0.2, 0.25) is 5.02 Å². The predicted octanol–water partition coefficient (Wildman–Crippen LogP) is 1.38. The zero-order chi connectivity index (χ0) is 21.2. The molecule has 0 spiro atoms. The highest BCUT2D eigenvalue weighted by molar-refractivity contribution is 7.91. The number of hydrazone groups is 1. The first-order valence-electron chi connectivity index (χ1n) is 9.02. The molecule has 0 radical (unpaired) electrons. The van der Waals surface area contributed by atoms with Crippen LogP contribution in [-0.4, -0.2) is 60.6 Å². The van der Waals surface area contributed by atoms with Gasteiger partial charge in [-0.2, -0.15) is 5.10 Å². The van der Waals surface area contributed by atoms with Gasteiger partial charge in [-0.1, -0.05) is 11.6 Å². The van der Waals surface area contributed by atoms with Crippen LogP contribution in [0, 0.1) is 0 Å². The minimum Gasteiger partial charge on any atom is -0.448 e. The van der Waals surface area contributed by atoms with Crippen LogP contribution in [0.25, 0.3) is 0 Å². The fourth-order valence-electron chi connectivity index (χ4n) is 3.03. The number of nitrogens with zero attached hydrogens (tertiary/aromatic N) is 2. The number of rotatable bonds is 5. The van der Waals surface area contributed by atoms with Gasteiger partial charge in [-0.15, -0.1) is 0 Å². The third-order valence-corrected chi connectivity index (χ3v) is 6.62. The Labute approximate surface area is 173 Å². The van der Waals surface area contributed by atoms with Gasteiger partial charge in [-0.25, -0.2) is 18.2 Å². The zero-order valence-electron chi connectivity index (χ0n) is 15.6. The molecular weight excluding hydrogens is 422 g/mol. The quantitative estimate of drug-likeness (QED) is 0.688. The number of amides is 2. The Hall–Kier alpha value is -2.46. The summed E-state index contributed by atoms with van der Waals surface area (Å²) in [6.45, 7) is 1.42. The number of carbonyl (C=O) groups is 3. The zero-order valence-corrected chi connectivity index (χ0v) is 17.2. The van der Waals surface area contributed by atoms with E-state index in [9.17, 15) is 22.8 Å². The molecule has 0 bridgehead atoms. The lowest BCUT2D eigenvalue weighted by Crippen LogP contribution is -2.42. The van der Waals surface area contributed by atoms with E-state index in [1.54, 1.807) is 24.3 Å². The molecule has 3 rings (SSSR count). The monoisotopic (exact) mass is 441 g/mol. The first-order chi connectivity index (χ1) is 13.6. The second kappa shape index (κ2) is 8.50. The Morgan fingerprint density at radius 3 is 2.59 bits per heavy atom. The van der Waals surface area contributed by atoms with Crippen LogP contribution in [0.4, 0.5) is 5.69 Å². The molecule has 1 N–H and O–H groups in total. The fourth-order valence-corrected chi connectivity index (χ4v) is 4.85. The molecule has 2 aliphatic heterocycles. The Morgan fingerprint density at radius 1 is 1.28 bits per heavy atom. The van der Waals surface area contributed by atoms with Crippen LogP contribution in [0.5, 0.6) is 0 Å². The second-order valence-corrected chi connectivity index (χ2v) is 9.55. The fraction of sp³-hybridized carbons (Fsp3) is 0.444. The molecule has 9 nitrogen and oxygen atoms in total. The molecule has 2 amide bonds. The van der Waals surface area contributed by atoms with Crippen LogP contribution >= 0.6 is 11.6 Å². The van der Waals surface area contributed by atoms with Gasteiger partial charge in [0.1, 0.15) is 5.71 Å². The summed E-state index contributed by atoms with van der Waals surface area (Å²) < 4.78 is 28.5. The first kappa shape index (κ1) is 21.3.